The molecule has 20 heavy (non-hydrogen) atoms. The highest BCUT2D eigenvalue weighted by Gasteiger charge is 2.23. The quantitative estimate of drug-likeness (QED) is 0.883. The molecule has 0 radical (unpaired) electrons. The summed E-state index contributed by atoms with van der Waals surface area (Å²) >= 11 is 0. The van der Waals surface area contributed by atoms with Crippen molar-refractivity contribution in [2.75, 3.05) is 33.3 Å². The first-order chi connectivity index (χ1) is 9.69. The molecule has 1 heterocycles. The molecular weight excluding hydrogens is 252 g/mol. The van der Waals surface area contributed by atoms with Crippen LogP contribution in [0.5, 0.6) is 0 Å². The van der Waals surface area contributed by atoms with Gasteiger partial charge < -0.3 is 15.0 Å². The minimum Gasteiger partial charge on any atom is -0.373 e. The second-order valence-electron chi connectivity index (χ2n) is 5.38. The average molecular weight is 276 g/mol. The van der Waals surface area contributed by atoms with Crippen LogP contribution in [-0.2, 0) is 16.0 Å². The van der Waals surface area contributed by atoms with Gasteiger partial charge in [-0.2, -0.15) is 0 Å². The van der Waals surface area contributed by atoms with Gasteiger partial charge in [0.2, 0.25) is 5.91 Å². The van der Waals surface area contributed by atoms with E-state index in [0.717, 1.165) is 13.0 Å². The largest absolute Gasteiger partial charge is 0.373 e. The standard InChI is InChI=1S/C16H24N2O2/c1-13-4-3-5-14(10-13)6-7-16(19)18-8-9-20-15(12-18)11-17-2/h3-5,10,15,17H,6-9,11-12H2,1-2H3. The first-order valence-corrected chi connectivity index (χ1v) is 7.28. The van der Waals surface area contributed by atoms with E-state index in [-0.39, 0.29) is 12.0 Å². The van der Waals surface area contributed by atoms with E-state index in [1.165, 1.54) is 11.1 Å². The third-order valence-corrected chi connectivity index (χ3v) is 3.63. The fourth-order valence-corrected chi connectivity index (χ4v) is 2.57. The Morgan fingerprint density at radius 3 is 3.10 bits per heavy atom. The Balaban J connectivity index is 1.82. The van der Waals surface area contributed by atoms with Gasteiger partial charge in [0.1, 0.15) is 0 Å². The lowest BCUT2D eigenvalue weighted by atomic mass is 10.1. The summed E-state index contributed by atoms with van der Waals surface area (Å²) in [5.74, 6) is 0.232. The van der Waals surface area contributed by atoms with E-state index in [4.69, 9.17) is 4.74 Å². The Morgan fingerprint density at radius 2 is 2.35 bits per heavy atom. The van der Waals surface area contributed by atoms with Crippen LogP contribution in [0.2, 0.25) is 0 Å². The van der Waals surface area contributed by atoms with Crippen molar-refractivity contribution in [1.29, 1.82) is 0 Å². The molecule has 1 N–H and O–H groups in total. The summed E-state index contributed by atoms with van der Waals surface area (Å²) in [6.45, 7) is 4.93. The van der Waals surface area contributed by atoms with E-state index in [0.29, 0.717) is 26.1 Å². The minimum atomic E-state index is 0.122. The molecule has 110 valence electrons. The molecule has 1 aromatic rings. The van der Waals surface area contributed by atoms with Crippen molar-refractivity contribution in [3.05, 3.63) is 35.4 Å². The number of nitrogens with zero attached hydrogens (tertiary/aromatic N) is 1. The number of likely N-dealkylation sites (N-methyl/N-ethyl adjacent to an activating group) is 1. The predicted octanol–water partition coefficient (Wildman–Crippen LogP) is 1.37. The highest BCUT2D eigenvalue weighted by Crippen LogP contribution is 2.10. The number of amides is 1. The lowest BCUT2D eigenvalue weighted by Crippen LogP contribution is -2.48. The second kappa shape index (κ2) is 7.41. The molecule has 1 aliphatic rings. The van der Waals surface area contributed by atoms with E-state index in [9.17, 15) is 4.79 Å². The smallest absolute Gasteiger partial charge is 0.223 e. The van der Waals surface area contributed by atoms with Gasteiger partial charge in [-0.15, -0.1) is 0 Å². The van der Waals surface area contributed by atoms with Gasteiger partial charge in [0.15, 0.2) is 0 Å². The average Bonchev–Trinajstić information content (AvgIpc) is 2.45. The van der Waals surface area contributed by atoms with Crippen LogP contribution in [0.1, 0.15) is 17.5 Å². The number of hydrogen-bond acceptors (Lipinski definition) is 3. The van der Waals surface area contributed by atoms with Crippen molar-refractivity contribution in [1.82, 2.24) is 10.2 Å². The van der Waals surface area contributed by atoms with Crippen molar-refractivity contribution in [3.8, 4) is 0 Å². The summed E-state index contributed by atoms with van der Waals surface area (Å²) in [4.78, 5) is 14.2. The zero-order chi connectivity index (χ0) is 14.4. The Morgan fingerprint density at radius 1 is 1.50 bits per heavy atom. The third kappa shape index (κ3) is 4.32. The van der Waals surface area contributed by atoms with Crippen molar-refractivity contribution in [3.63, 3.8) is 0 Å². The topological polar surface area (TPSA) is 41.6 Å². The van der Waals surface area contributed by atoms with E-state index < -0.39 is 0 Å². The Kier molecular flexibility index (Phi) is 5.56. The Bertz CT molecular complexity index is 446. The fourth-order valence-electron chi connectivity index (χ4n) is 2.57. The van der Waals surface area contributed by atoms with Crippen molar-refractivity contribution < 1.29 is 9.53 Å². The minimum absolute atomic E-state index is 0.122. The number of rotatable bonds is 5. The van der Waals surface area contributed by atoms with Crippen LogP contribution in [0.15, 0.2) is 24.3 Å². The predicted molar refractivity (Wildman–Crippen MR) is 79.7 cm³/mol. The molecule has 1 aromatic carbocycles. The highest BCUT2D eigenvalue weighted by molar-refractivity contribution is 5.76. The molecule has 1 atom stereocenters. The van der Waals surface area contributed by atoms with Gasteiger partial charge in [0.25, 0.3) is 0 Å². The molecule has 1 aliphatic heterocycles. The number of carbonyl (C=O) groups excluding carboxylic acids is 1. The summed E-state index contributed by atoms with van der Waals surface area (Å²) in [5, 5.41) is 3.10. The van der Waals surface area contributed by atoms with E-state index in [2.05, 4.69) is 30.4 Å². The molecule has 0 saturated carbocycles. The van der Waals surface area contributed by atoms with Crippen LogP contribution in [-0.4, -0.2) is 50.2 Å². The van der Waals surface area contributed by atoms with Crippen LogP contribution in [0.3, 0.4) is 0 Å². The van der Waals surface area contributed by atoms with E-state index >= 15 is 0 Å². The van der Waals surface area contributed by atoms with Gasteiger partial charge in [0, 0.05) is 26.1 Å². The third-order valence-electron chi connectivity index (χ3n) is 3.63. The second-order valence-corrected chi connectivity index (χ2v) is 5.38. The number of hydrogen-bond donors (Lipinski definition) is 1. The monoisotopic (exact) mass is 276 g/mol. The van der Waals surface area contributed by atoms with E-state index in [1.54, 1.807) is 0 Å². The summed E-state index contributed by atoms with van der Waals surface area (Å²) in [6.07, 6.45) is 1.52. The van der Waals surface area contributed by atoms with Crippen LogP contribution in [0, 0.1) is 6.92 Å². The summed E-state index contributed by atoms with van der Waals surface area (Å²) in [6, 6.07) is 8.36. The van der Waals surface area contributed by atoms with Gasteiger partial charge in [-0.25, -0.2) is 0 Å². The van der Waals surface area contributed by atoms with Gasteiger partial charge in [0.05, 0.1) is 12.7 Å². The first kappa shape index (κ1) is 15.0. The van der Waals surface area contributed by atoms with Crippen LogP contribution < -0.4 is 5.32 Å². The number of ether oxygens (including phenoxy) is 1. The maximum absolute atomic E-state index is 12.3. The molecule has 0 spiro atoms. The number of benzene rings is 1. The summed E-state index contributed by atoms with van der Waals surface area (Å²) in [5.41, 5.74) is 2.48. The number of aryl methyl sites for hydroxylation is 2. The first-order valence-electron chi connectivity index (χ1n) is 7.28. The van der Waals surface area contributed by atoms with Gasteiger partial charge in [-0.1, -0.05) is 29.8 Å². The molecular formula is C16H24N2O2. The SMILES string of the molecule is CNCC1CN(C(=O)CCc2cccc(C)c2)CCO1. The van der Waals surface area contributed by atoms with Crippen molar-refractivity contribution in [2.24, 2.45) is 0 Å². The molecule has 2 rings (SSSR count). The molecule has 4 heteroatoms. The number of morpholine rings is 1. The molecule has 0 aliphatic carbocycles. The highest BCUT2D eigenvalue weighted by atomic mass is 16.5. The molecule has 1 unspecified atom stereocenters. The molecule has 0 aromatic heterocycles. The summed E-state index contributed by atoms with van der Waals surface area (Å²) < 4.78 is 5.62. The van der Waals surface area contributed by atoms with Crippen molar-refractivity contribution >= 4 is 5.91 Å². The maximum atomic E-state index is 12.3. The Labute approximate surface area is 121 Å². The molecule has 0 bridgehead atoms. The van der Waals surface area contributed by atoms with Crippen molar-refractivity contribution in [2.45, 2.75) is 25.9 Å². The van der Waals surface area contributed by atoms with Crippen LogP contribution in [0.25, 0.3) is 0 Å². The lowest BCUT2D eigenvalue weighted by Gasteiger charge is -2.33. The molecule has 1 amide bonds. The van der Waals surface area contributed by atoms with Crippen LogP contribution >= 0.6 is 0 Å². The number of nitrogens with one attached hydrogen (secondary N) is 1. The zero-order valence-electron chi connectivity index (χ0n) is 12.4. The molecule has 1 saturated heterocycles. The Hall–Kier alpha value is -1.39. The van der Waals surface area contributed by atoms with Gasteiger partial charge in [-0.3, -0.25) is 4.79 Å². The molecule has 4 nitrogen and oxygen atoms in total. The van der Waals surface area contributed by atoms with Crippen LogP contribution in [0.4, 0.5) is 0 Å². The lowest BCUT2D eigenvalue weighted by molar-refractivity contribution is -0.138. The van der Waals surface area contributed by atoms with Gasteiger partial charge in [-0.05, 0) is 26.0 Å². The number of carbonyl (C=O) groups is 1. The zero-order valence-corrected chi connectivity index (χ0v) is 12.4. The fraction of sp³-hybridized carbons (Fsp3) is 0.562. The maximum Gasteiger partial charge on any atom is 0.223 e. The summed E-state index contributed by atoms with van der Waals surface area (Å²) in [7, 11) is 1.90. The van der Waals surface area contributed by atoms with Gasteiger partial charge >= 0.3 is 0 Å². The molecule has 1 fully saturated rings. The van der Waals surface area contributed by atoms with E-state index in [1.807, 2.05) is 18.0 Å². The normalized spacial score (nSPS) is 19.1.